The summed E-state index contributed by atoms with van der Waals surface area (Å²) >= 11 is 0. The van der Waals surface area contributed by atoms with Crippen molar-refractivity contribution >= 4 is 5.91 Å². The Labute approximate surface area is 86.7 Å². The monoisotopic (exact) mass is 205 g/mol. The summed E-state index contributed by atoms with van der Waals surface area (Å²) in [5.41, 5.74) is 0. The summed E-state index contributed by atoms with van der Waals surface area (Å²) in [6, 6.07) is 1.94. The number of aromatic nitrogens is 3. The van der Waals surface area contributed by atoms with E-state index in [1.165, 1.54) is 0 Å². The van der Waals surface area contributed by atoms with Crippen molar-refractivity contribution in [3.8, 4) is 6.07 Å². The fraction of sp³-hybridized carbons (Fsp3) is 0.556. The van der Waals surface area contributed by atoms with Gasteiger partial charge in [0.05, 0.1) is 12.5 Å². The molecular formula is C9H11N5O. The number of hydrogen-bond donors (Lipinski definition) is 2. The average molecular weight is 205 g/mol. The third kappa shape index (κ3) is 2.31. The molecule has 0 saturated heterocycles. The van der Waals surface area contributed by atoms with Gasteiger partial charge >= 0.3 is 0 Å². The number of hydrogen-bond acceptors (Lipinski definition) is 4. The number of carbonyl (C=O) groups excluding carboxylic acids is 1. The van der Waals surface area contributed by atoms with E-state index in [0.29, 0.717) is 18.9 Å². The number of amides is 1. The zero-order valence-corrected chi connectivity index (χ0v) is 8.16. The van der Waals surface area contributed by atoms with E-state index in [4.69, 9.17) is 5.26 Å². The van der Waals surface area contributed by atoms with Gasteiger partial charge < -0.3 is 5.32 Å². The average Bonchev–Trinajstić information content (AvgIpc) is 2.97. The molecule has 1 aromatic heterocycles. The van der Waals surface area contributed by atoms with Crippen LogP contribution in [-0.4, -0.2) is 27.6 Å². The summed E-state index contributed by atoms with van der Waals surface area (Å²) in [5.74, 6) is 1.09. The van der Waals surface area contributed by atoms with Crippen LogP contribution in [0, 0.1) is 11.3 Å². The molecule has 1 aromatic rings. The highest BCUT2D eigenvalue weighted by Crippen LogP contribution is 2.37. The fourth-order valence-electron chi connectivity index (χ4n) is 1.23. The highest BCUT2D eigenvalue weighted by atomic mass is 16.2. The highest BCUT2D eigenvalue weighted by Gasteiger charge is 2.27. The molecular weight excluding hydrogens is 194 g/mol. The predicted octanol–water partition coefficient (Wildman–Crippen LogP) is 0.326. The van der Waals surface area contributed by atoms with Crippen LogP contribution in [0.3, 0.4) is 0 Å². The minimum absolute atomic E-state index is 0.162. The van der Waals surface area contributed by atoms with Gasteiger partial charge in [-0.05, 0) is 12.8 Å². The van der Waals surface area contributed by atoms with Crippen molar-refractivity contribution < 1.29 is 4.79 Å². The standard InChI is InChI=1S/C9H11N5O/c10-4-1-5-11-9(15)8-12-7(13-14-8)6-2-3-6/h6H,1-3,5H2,(H,11,15)(H,12,13,14). The van der Waals surface area contributed by atoms with Crippen LogP contribution in [0.5, 0.6) is 0 Å². The summed E-state index contributed by atoms with van der Waals surface area (Å²) in [4.78, 5) is 15.5. The molecule has 2 N–H and O–H groups in total. The van der Waals surface area contributed by atoms with Gasteiger partial charge in [0.25, 0.3) is 5.91 Å². The molecule has 15 heavy (non-hydrogen) atoms. The van der Waals surface area contributed by atoms with Crippen LogP contribution >= 0.6 is 0 Å². The van der Waals surface area contributed by atoms with E-state index in [1.54, 1.807) is 0 Å². The van der Waals surface area contributed by atoms with E-state index in [1.807, 2.05) is 6.07 Å². The minimum atomic E-state index is -0.326. The Balaban J connectivity index is 1.90. The topological polar surface area (TPSA) is 94.5 Å². The molecule has 0 spiro atoms. The summed E-state index contributed by atoms with van der Waals surface area (Å²) in [7, 11) is 0. The van der Waals surface area contributed by atoms with Crippen LogP contribution in [0.4, 0.5) is 0 Å². The lowest BCUT2D eigenvalue weighted by molar-refractivity contribution is 0.0944. The molecule has 0 aromatic carbocycles. The summed E-state index contributed by atoms with van der Waals surface area (Å²) in [6.07, 6.45) is 2.53. The van der Waals surface area contributed by atoms with E-state index in [-0.39, 0.29) is 11.7 Å². The molecule has 1 fully saturated rings. The van der Waals surface area contributed by atoms with Gasteiger partial charge in [0.1, 0.15) is 5.82 Å². The van der Waals surface area contributed by atoms with Crippen molar-refractivity contribution in [1.82, 2.24) is 20.5 Å². The van der Waals surface area contributed by atoms with Gasteiger partial charge in [0.2, 0.25) is 5.82 Å². The summed E-state index contributed by atoms with van der Waals surface area (Å²) in [5, 5.41) is 17.4. The number of H-pyrrole nitrogens is 1. The number of carbonyl (C=O) groups is 1. The van der Waals surface area contributed by atoms with Crippen molar-refractivity contribution in [3.63, 3.8) is 0 Å². The maximum absolute atomic E-state index is 11.4. The van der Waals surface area contributed by atoms with Gasteiger partial charge in [0.15, 0.2) is 0 Å². The van der Waals surface area contributed by atoms with E-state index in [2.05, 4.69) is 20.5 Å². The van der Waals surface area contributed by atoms with Crippen LogP contribution in [0.2, 0.25) is 0 Å². The second-order valence-corrected chi connectivity index (χ2v) is 3.48. The second kappa shape index (κ2) is 4.09. The molecule has 6 heteroatoms. The fourth-order valence-corrected chi connectivity index (χ4v) is 1.23. The Morgan fingerprint density at radius 2 is 2.47 bits per heavy atom. The molecule has 2 rings (SSSR count). The normalized spacial score (nSPS) is 14.6. The van der Waals surface area contributed by atoms with Crippen LogP contribution in [-0.2, 0) is 0 Å². The SMILES string of the molecule is N#CCCNC(=O)c1n[nH]c(C2CC2)n1. The van der Waals surface area contributed by atoms with Crippen LogP contribution in [0.25, 0.3) is 0 Å². The Morgan fingerprint density at radius 3 is 3.13 bits per heavy atom. The Kier molecular flexibility index (Phi) is 2.63. The van der Waals surface area contributed by atoms with Crippen molar-refractivity contribution in [2.75, 3.05) is 6.54 Å². The number of nitriles is 1. The molecule has 1 heterocycles. The van der Waals surface area contributed by atoms with Crippen LogP contribution in [0.1, 0.15) is 41.6 Å². The van der Waals surface area contributed by atoms with Gasteiger partial charge in [-0.25, -0.2) is 4.98 Å². The van der Waals surface area contributed by atoms with Gasteiger partial charge in [-0.2, -0.15) is 5.26 Å². The van der Waals surface area contributed by atoms with E-state index in [0.717, 1.165) is 18.7 Å². The zero-order valence-electron chi connectivity index (χ0n) is 8.16. The molecule has 1 saturated carbocycles. The predicted molar refractivity (Wildman–Crippen MR) is 50.9 cm³/mol. The lowest BCUT2D eigenvalue weighted by Crippen LogP contribution is -2.25. The summed E-state index contributed by atoms with van der Waals surface area (Å²) in [6.45, 7) is 0.336. The van der Waals surface area contributed by atoms with Crippen LogP contribution in [0.15, 0.2) is 0 Å². The first-order chi connectivity index (χ1) is 7.31. The van der Waals surface area contributed by atoms with Crippen LogP contribution < -0.4 is 5.32 Å². The smallest absolute Gasteiger partial charge is 0.290 e. The molecule has 0 radical (unpaired) electrons. The highest BCUT2D eigenvalue weighted by molar-refractivity contribution is 5.90. The number of nitrogens with one attached hydrogen (secondary N) is 2. The molecule has 1 aliphatic rings. The quantitative estimate of drug-likeness (QED) is 0.692. The first-order valence-electron chi connectivity index (χ1n) is 4.88. The number of nitrogens with zero attached hydrogens (tertiary/aromatic N) is 3. The molecule has 0 aliphatic heterocycles. The van der Waals surface area contributed by atoms with Crippen molar-refractivity contribution in [2.45, 2.75) is 25.2 Å². The molecule has 6 nitrogen and oxygen atoms in total. The van der Waals surface area contributed by atoms with Gasteiger partial charge in [0, 0.05) is 12.5 Å². The minimum Gasteiger partial charge on any atom is -0.348 e. The Bertz CT molecular complexity index is 401. The Hall–Kier alpha value is -1.90. The maximum Gasteiger partial charge on any atom is 0.290 e. The third-order valence-electron chi connectivity index (χ3n) is 2.19. The molecule has 78 valence electrons. The van der Waals surface area contributed by atoms with Gasteiger partial charge in [-0.3, -0.25) is 9.89 Å². The van der Waals surface area contributed by atoms with Gasteiger partial charge in [-0.15, -0.1) is 5.10 Å². The zero-order chi connectivity index (χ0) is 10.7. The number of rotatable bonds is 4. The Morgan fingerprint density at radius 1 is 1.67 bits per heavy atom. The molecule has 0 bridgehead atoms. The van der Waals surface area contributed by atoms with E-state index < -0.39 is 0 Å². The van der Waals surface area contributed by atoms with Crippen molar-refractivity contribution in [1.29, 1.82) is 5.26 Å². The first kappa shape index (κ1) is 9.65. The van der Waals surface area contributed by atoms with E-state index in [9.17, 15) is 4.79 Å². The molecule has 1 aliphatic carbocycles. The van der Waals surface area contributed by atoms with Crippen molar-refractivity contribution in [3.05, 3.63) is 11.6 Å². The maximum atomic E-state index is 11.4. The first-order valence-corrected chi connectivity index (χ1v) is 4.88. The second-order valence-electron chi connectivity index (χ2n) is 3.48. The summed E-state index contributed by atoms with van der Waals surface area (Å²) < 4.78 is 0. The largest absolute Gasteiger partial charge is 0.348 e. The molecule has 1 amide bonds. The lowest BCUT2D eigenvalue weighted by Gasteiger charge is -1.96. The molecule has 0 atom stereocenters. The third-order valence-corrected chi connectivity index (χ3v) is 2.19. The van der Waals surface area contributed by atoms with Crippen molar-refractivity contribution in [2.24, 2.45) is 0 Å². The lowest BCUT2D eigenvalue weighted by atomic mass is 10.4. The number of aromatic amines is 1. The molecule has 0 unspecified atom stereocenters. The van der Waals surface area contributed by atoms with E-state index >= 15 is 0 Å². The van der Waals surface area contributed by atoms with Gasteiger partial charge in [-0.1, -0.05) is 0 Å².